The highest BCUT2D eigenvalue weighted by atomic mass is 35.5. The van der Waals surface area contributed by atoms with Crippen molar-refractivity contribution in [2.75, 3.05) is 0 Å². The van der Waals surface area contributed by atoms with Crippen LogP contribution in [0.3, 0.4) is 0 Å². The number of hydrogen-bond donors (Lipinski definition) is 2. The summed E-state index contributed by atoms with van der Waals surface area (Å²) in [7, 11) is -1.72. The standard InChI is InChI=1S/C6H5BClFO2/c8-6-4(7(10)11)2-1-3-5(6)9/h1-3,10-11H. The van der Waals surface area contributed by atoms with Crippen molar-refractivity contribution in [1.82, 2.24) is 0 Å². The van der Waals surface area contributed by atoms with Crippen LogP contribution in [0.1, 0.15) is 0 Å². The zero-order valence-electron chi connectivity index (χ0n) is 5.46. The molecule has 0 aliphatic rings. The van der Waals surface area contributed by atoms with Crippen LogP contribution in [-0.4, -0.2) is 17.2 Å². The average Bonchev–Trinajstić information content (AvgIpc) is 1.94. The highest BCUT2D eigenvalue weighted by Gasteiger charge is 2.16. The maximum Gasteiger partial charge on any atom is 0.490 e. The van der Waals surface area contributed by atoms with Crippen LogP contribution in [-0.2, 0) is 0 Å². The maximum absolute atomic E-state index is 12.6. The lowest BCUT2D eigenvalue weighted by Gasteiger charge is -2.01. The van der Waals surface area contributed by atoms with Crippen LogP contribution < -0.4 is 5.46 Å². The molecule has 0 fully saturated rings. The molecular formula is C6H5BClFO2. The molecule has 11 heavy (non-hydrogen) atoms. The van der Waals surface area contributed by atoms with E-state index in [0.717, 1.165) is 6.07 Å². The van der Waals surface area contributed by atoms with Gasteiger partial charge in [0.15, 0.2) is 0 Å². The topological polar surface area (TPSA) is 40.5 Å². The van der Waals surface area contributed by atoms with Crippen molar-refractivity contribution in [3.8, 4) is 0 Å². The molecule has 0 aromatic heterocycles. The normalized spacial score (nSPS) is 9.82. The first-order valence-electron chi connectivity index (χ1n) is 2.93. The monoisotopic (exact) mass is 174 g/mol. The van der Waals surface area contributed by atoms with E-state index in [1.165, 1.54) is 12.1 Å². The lowest BCUT2D eigenvalue weighted by Crippen LogP contribution is -2.31. The van der Waals surface area contributed by atoms with E-state index >= 15 is 0 Å². The van der Waals surface area contributed by atoms with Crippen molar-refractivity contribution in [3.05, 3.63) is 29.0 Å². The second-order valence-corrected chi connectivity index (χ2v) is 2.39. The van der Waals surface area contributed by atoms with E-state index in [-0.39, 0.29) is 10.5 Å². The Balaban J connectivity index is 3.17. The summed E-state index contributed by atoms with van der Waals surface area (Å²) in [5.74, 6) is -0.655. The van der Waals surface area contributed by atoms with Gasteiger partial charge in [0.1, 0.15) is 5.82 Å². The van der Waals surface area contributed by atoms with Crippen LogP contribution >= 0.6 is 11.6 Å². The second-order valence-electron chi connectivity index (χ2n) is 2.02. The molecular weight excluding hydrogens is 169 g/mol. The molecule has 0 spiro atoms. The number of benzene rings is 1. The Kier molecular flexibility index (Phi) is 2.49. The van der Waals surface area contributed by atoms with Crippen LogP contribution in [0.4, 0.5) is 4.39 Å². The highest BCUT2D eigenvalue weighted by Crippen LogP contribution is 2.10. The fourth-order valence-corrected chi connectivity index (χ4v) is 0.943. The summed E-state index contributed by atoms with van der Waals surface area (Å²) in [5, 5.41) is 17.0. The Morgan fingerprint density at radius 1 is 1.36 bits per heavy atom. The first-order valence-corrected chi connectivity index (χ1v) is 3.31. The summed E-state index contributed by atoms with van der Waals surface area (Å²) in [4.78, 5) is 0. The minimum absolute atomic E-state index is 0.0216. The van der Waals surface area contributed by atoms with Gasteiger partial charge in [0.05, 0.1) is 5.02 Å². The molecule has 0 radical (unpaired) electrons. The van der Waals surface area contributed by atoms with Gasteiger partial charge in [-0.05, 0) is 6.07 Å². The van der Waals surface area contributed by atoms with Crippen molar-refractivity contribution in [2.45, 2.75) is 0 Å². The van der Waals surface area contributed by atoms with Gasteiger partial charge in [0.2, 0.25) is 0 Å². The molecule has 0 aliphatic carbocycles. The smallest absolute Gasteiger partial charge is 0.423 e. The van der Waals surface area contributed by atoms with Gasteiger partial charge in [0, 0.05) is 5.46 Å². The van der Waals surface area contributed by atoms with E-state index in [1.807, 2.05) is 0 Å². The summed E-state index contributed by atoms with van der Waals surface area (Å²) in [6.07, 6.45) is 0. The van der Waals surface area contributed by atoms with Gasteiger partial charge in [-0.2, -0.15) is 0 Å². The summed E-state index contributed by atoms with van der Waals surface area (Å²) in [5.41, 5.74) is -0.0216. The average molecular weight is 174 g/mol. The highest BCUT2D eigenvalue weighted by molar-refractivity contribution is 6.62. The Labute approximate surface area is 68.4 Å². The number of halogens is 2. The molecule has 0 saturated carbocycles. The third kappa shape index (κ3) is 1.71. The lowest BCUT2D eigenvalue weighted by atomic mass is 9.80. The molecule has 0 atom stereocenters. The molecule has 0 heterocycles. The predicted octanol–water partition coefficient (Wildman–Crippen LogP) is 0.159. The number of rotatable bonds is 1. The molecule has 2 N–H and O–H groups in total. The van der Waals surface area contributed by atoms with E-state index in [2.05, 4.69) is 0 Å². The Morgan fingerprint density at radius 3 is 2.45 bits per heavy atom. The molecule has 58 valence electrons. The van der Waals surface area contributed by atoms with Crippen LogP contribution in [0.15, 0.2) is 18.2 Å². The maximum atomic E-state index is 12.6. The van der Waals surface area contributed by atoms with Crippen LogP contribution in [0, 0.1) is 5.82 Å². The summed E-state index contributed by atoms with van der Waals surface area (Å²) in [6, 6.07) is 3.85. The molecule has 1 aromatic carbocycles. The van der Waals surface area contributed by atoms with Crippen molar-refractivity contribution < 1.29 is 14.4 Å². The fourth-order valence-electron chi connectivity index (χ4n) is 0.720. The molecule has 1 rings (SSSR count). The van der Waals surface area contributed by atoms with Crippen molar-refractivity contribution in [3.63, 3.8) is 0 Å². The first-order chi connectivity index (χ1) is 5.13. The van der Waals surface area contributed by atoms with E-state index in [0.29, 0.717) is 0 Å². The zero-order chi connectivity index (χ0) is 8.43. The fraction of sp³-hybridized carbons (Fsp3) is 0. The summed E-state index contributed by atoms with van der Waals surface area (Å²) >= 11 is 5.39. The molecule has 0 bridgehead atoms. The minimum Gasteiger partial charge on any atom is -0.423 e. The molecule has 5 heteroatoms. The number of hydrogen-bond acceptors (Lipinski definition) is 2. The Hall–Kier alpha value is -0.575. The van der Waals surface area contributed by atoms with E-state index in [1.54, 1.807) is 0 Å². The van der Waals surface area contributed by atoms with Gasteiger partial charge in [-0.15, -0.1) is 0 Å². The predicted molar refractivity (Wildman–Crippen MR) is 41.2 cm³/mol. The van der Waals surface area contributed by atoms with Gasteiger partial charge in [-0.3, -0.25) is 0 Å². The van der Waals surface area contributed by atoms with E-state index < -0.39 is 12.9 Å². The first kappa shape index (κ1) is 8.52. The zero-order valence-corrected chi connectivity index (χ0v) is 6.22. The van der Waals surface area contributed by atoms with E-state index in [4.69, 9.17) is 21.6 Å². The minimum atomic E-state index is -1.72. The third-order valence-electron chi connectivity index (χ3n) is 1.26. The van der Waals surface area contributed by atoms with Gasteiger partial charge in [-0.1, -0.05) is 23.7 Å². The molecule has 1 aromatic rings. The Morgan fingerprint density at radius 2 is 2.00 bits per heavy atom. The molecule has 2 nitrogen and oxygen atoms in total. The van der Waals surface area contributed by atoms with Crippen molar-refractivity contribution in [2.24, 2.45) is 0 Å². The summed E-state index contributed by atoms with van der Waals surface area (Å²) in [6.45, 7) is 0. The lowest BCUT2D eigenvalue weighted by molar-refractivity contribution is 0.425. The van der Waals surface area contributed by atoms with Gasteiger partial charge < -0.3 is 10.0 Å². The van der Waals surface area contributed by atoms with Crippen LogP contribution in [0.5, 0.6) is 0 Å². The van der Waals surface area contributed by atoms with Gasteiger partial charge >= 0.3 is 7.12 Å². The van der Waals surface area contributed by atoms with Crippen molar-refractivity contribution in [1.29, 1.82) is 0 Å². The summed E-state index contributed by atoms with van der Waals surface area (Å²) < 4.78 is 12.6. The van der Waals surface area contributed by atoms with Crippen LogP contribution in [0.25, 0.3) is 0 Å². The van der Waals surface area contributed by atoms with Gasteiger partial charge in [0.25, 0.3) is 0 Å². The molecule has 0 aliphatic heterocycles. The second kappa shape index (κ2) is 3.22. The Bertz CT molecular complexity index is 267. The van der Waals surface area contributed by atoms with Crippen molar-refractivity contribution >= 4 is 24.2 Å². The third-order valence-corrected chi connectivity index (χ3v) is 1.66. The molecule has 0 amide bonds. The largest absolute Gasteiger partial charge is 0.490 e. The van der Waals surface area contributed by atoms with Crippen LogP contribution in [0.2, 0.25) is 5.02 Å². The molecule has 0 saturated heterocycles. The quantitative estimate of drug-likeness (QED) is 0.596. The van der Waals surface area contributed by atoms with E-state index in [9.17, 15) is 4.39 Å². The van der Waals surface area contributed by atoms with Gasteiger partial charge in [-0.25, -0.2) is 4.39 Å². The molecule has 0 unspecified atom stereocenters. The SMILES string of the molecule is OB(O)c1cccc(F)c1Cl.